The fourth-order valence-corrected chi connectivity index (χ4v) is 2.67. The predicted molar refractivity (Wildman–Crippen MR) is 109 cm³/mol. The Hall–Kier alpha value is -2.48. The summed E-state index contributed by atoms with van der Waals surface area (Å²) in [6.07, 6.45) is 1.76. The number of nitrogens with zero attached hydrogens (tertiary/aromatic N) is 1. The third-order valence-electron chi connectivity index (χ3n) is 3.68. The van der Waals surface area contributed by atoms with Crippen molar-refractivity contribution in [3.05, 3.63) is 29.8 Å². The Balaban J connectivity index is 2.67. The van der Waals surface area contributed by atoms with E-state index in [2.05, 4.69) is 15.4 Å². The van der Waals surface area contributed by atoms with Gasteiger partial charge < -0.3 is 20.3 Å². The molecule has 0 aliphatic heterocycles. The van der Waals surface area contributed by atoms with E-state index in [9.17, 15) is 14.4 Å². The maximum Gasteiger partial charge on any atom is 0.306 e. The lowest BCUT2D eigenvalue weighted by molar-refractivity contribution is -0.142. The minimum Gasteiger partial charge on any atom is -0.469 e. The fraction of sp³-hybridized carbons (Fsp3) is 0.474. The van der Waals surface area contributed by atoms with E-state index in [4.69, 9.17) is 12.2 Å². The van der Waals surface area contributed by atoms with Gasteiger partial charge in [-0.05, 0) is 43.3 Å². The largest absolute Gasteiger partial charge is 0.469 e. The van der Waals surface area contributed by atoms with Crippen molar-refractivity contribution in [3.8, 4) is 0 Å². The van der Waals surface area contributed by atoms with Gasteiger partial charge >= 0.3 is 5.97 Å². The number of hydrogen-bond acceptors (Lipinski definition) is 5. The molecule has 1 aromatic carbocycles. The quantitative estimate of drug-likeness (QED) is 0.495. The molecule has 7 nitrogen and oxygen atoms in total. The molecule has 2 N–H and O–H groups in total. The average molecular weight is 394 g/mol. The summed E-state index contributed by atoms with van der Waals surface area (Å²) in [6, 6.07) is 6.97. The number of hydrogen-bond donors (Lipinski definition) is 2. The summed E-state index contributed by atoms with van der Waals surface area (Å²) >= 11 is 5.11. The van der Waals surface area contributed by atoms with E-state index in [1.807, 2.05) is 18.7 Å². The molecule has 8 heteroatoms. The van der Waals surface area contributed by atoms with E-state index in [-0.39, 0.29) is 29.8 Å². The van der Waals surface area contributed by atoms with Crippen LogP contribution >= 0.6 is 12.2 Å². The van der Waals surface area contributed by atoms with Crippen LogP contribution in [0.3, 0.4) is 0 Å². The third kappa shape index (κ3) is 8.17. The van der Waals surface area contributed by atoms with Crippen LogP contribution in [-0.4, -0.2) is 48.0 Å². The van der Waals surface area contributed by atoms with E-state index >= 15 is 0 Å². The number of methoxy groups -OCH3 is 1. The molecule has 0 bridgehead atoms. The van der Waals surface area contributed by atoms with Crippen molar-refractivity contribution < 1.29 is 19.1 Å². The Labute approximate surface area is 165 Å². The highest BCUT2D eigenvalue weighted by molar-refractivity contribution is 7.80. The second kappa shape index (κ2) is 12.0. The van der Waals surface area contributed by atoms with Gasteiger partial charge in [-0.2, -0.15) is 0 Å². The lowest BCUT2D eigenvalue weighted by Crippen LogP contribution is -2.34. The lowest BCUT2D eigenvalue weighted by atomic mass is 10.1. The van der Waals surface area contributed by atoms with Crippen LogP contribution in [0.25, 0.3) is 0 Å². The molecule has 0 aliphatic carbocycles. The first-order chi connectivity index (χ1) is 12.9. The number of carbonyl (C=O) groups excluding carboxylic acids is 3. The SMILES string of the molecule is CCCN(CCC)C(=O)c1cccc(NC(=S)NC(=O)CCC(=O)OC)c1. The molecule has 0 spiro atoms. The summed E-state index contributed by atoms with van der Waals surface area (Å²) in [5.74, 6) is -0.878. The van der Waals surface area contributed by atoms with Crippen molar-refractivity contribution in [1.29, 1.82) is 0 Å². The van der Waals surface area contributed by atoms with Crippen LogP contribution in [0.4, 0.5) is 5.69 Å². The molecule has 27 heavy (non-hydrogen) atoms. The molecule has 0 aromatic heterocycles. The Kier molecular flexibility index (Phi) is 10.0. The maximum absolute atomic E-state index is 12.7. The van der Waals surface area contributed by atoms with Crippen molar-refractivity contribution in [2.24, 2.45) is 0 Å². The zero-order valence-corrected chi connectivity index (χ0v) is 16.9. The second-order valence-electron chi connectivity index (χ2n) is 5.95. The van der Waals surface area contributed by atoms with Gasteiger partial charge in [0, 0.05) is 30.8 Å². The van der Waals surface area contributed by atoms with Gasteiger partial charge in [0.25, 0.3) is 5.91 Å². The number of carbonyl (C=O) groups is 3. The van der Waals surface area contributed by atoms with E-state index in [1.54, 1.807) is 24.3 Å². The van der Waals surface area contributed by atoms with E-state index in [1.165, 1.54) is 7.11 Å². The number of esters is 1. The minimum absolute atomic E-state index is 0.0143. The number of ether oxygens (including phenoxy) is 1. The number of benzene rings is 1. The van der Waals surface area contributed by atoms with Gasteiger partial charge in [0.1, 0.15) is 0 Å². The van der Waals surface area contributed by atoms with Crippen LogP contribution in [0, 0.1) is 0 Å². The van der Waals surface area contributed by atoms with E-state index in [0.29, 0.717) is 24.3 Å². The highest BCUT2D eigenvalue weighted by Gasteiger charge is 2.15. The second-order valence-corrected chi connectivity index (χ2v) is 6.36. The van der Waals surface area contributed by atoms with Crippen molar-refractivity contribution in [2.75, 3.05) is 25.5 Å². The topological polar surface area (TPSA) is 87.7 Å². The average Bonchev–Trinajstić information content (AvgIpc) is 2.65. The first kappa shape index (κ1) is 22.6. The van der Waals surface area contributed by atoms with Crippen LogP contribution < -0.4 is 10.6 Å². The Bertz CT molecular complexity index is 673. The highest BCUT2D eigenvalue weighted by Crippen LogP contribution is 2.13. The van der Waals surface area contributed by atoms with Gasteiger partial charge in [-0.1, -0.05) is 19.9 Å². The van der Waals surface area contributed by atoms with E-state index in [0.717, 1.165) is 12.8 Å². The molecule has 0 fully saturated rings. The Morgan fingerprint density at radius 3 is 2.37 bits per heavy atom. The lowest BCUT2D eigenvalue weighted by Gasteiger charge is -2.21. The normalized spacial score (nSPS) is 10.0. The van der Waals surface area contributed by atoms with Crippen LogP contribution in [-0.2, 0) is 14.3 Å². The molecule has 1 rings (SSSR count). The van der Waals surface area contributed by atoms with Crippen LogP contribution in [0.1, 0.15) is 49.9 Å². The molecule has 148 valence electrons. The third-order valence-corrected chi connectivity index (χ3v) is 3.88. The monoisotopic (exact) mass is 393 g/mol. The first-order valence-electron chi connectivity index (χ1n) is 8.98. The molecule has 2 amide bonds. The summed E-state index contributed by atoms with van der Waals surface area (Å²) in [6.45, 7) is 5.49. The first-order valence-corrected chi connectivity index (χ1v) is 9.39. The van der Waals surface area contributed by atoms with Crippen molar-refractivity contribution in [2.45, 2.75) is 39.5 Å². The number of rotatable bonds is 9. The molecule has 0 saturated heterocycles. The van der Waals surface area contributed by atoms with Crippen LogP contribution in [0.15, 0.2) is 24.3 Å². The van der Waals surface area contributed by atoms with Crippen LogP contribution in [0.5, 0.6) is 0 Å². The van der Waals surface area contributed by atoms with Crippen molar-refractivity contribution >= 4 is 40.8 Å². The summed E-state index contributed by atoms with van der Waals surface area (Å²) < 4.78 is 4.49. The zero-order valence-electron chi connectivity index (χ0n) is 16.0. The molecular formula is C19H27N3O4S. The smallest absolute Gasteiger partial charge is 0.306 e. The molecule has 0 aliphatic rings. The molecule has 0 radical (unpaired) electrons. The number of amides is 2. The van der Waals surface area contributed by atoms with Gasteiger partial charge in [-0.15, -0.1) is 0 Å². The summed E-state index contributed by atoms with van der Waals surface area (Å²) in [4.78, 5) is 37.3. The molecule has 0 heterocycles. The number of nitrogens with one attached hydrogen (secondary N) is 2. The van der Waals surface area contributed by atoms with Crippen LogP contribution in [0.2, 0.25) is 0 Å². The van der Waals surface area contributed by atoms with Gasteiger partial charge in [0.05, 0.1) is 13.5 Å². The fourth-order valence-electron chi connectivity index (χ4n) is 2.44. The summed E-state index contributed by atoms with van der Waals surface area (Å²) in [5, 5.41) is 5.49. The molecular weight excluding hydrogens is 366 g/mol. The van der Waals surface area contributed by atoms with Gasteiger partial charge in [0.2, 0.25) is 5.91 Å². The zero-order chi connectivity index (χ0) is 20.2. The van der Waals surface area contributed by atoms with Gasteiger partial charge in [-0.3, -0.25) is 14.4 Å². The van der Waals surface area contributed by atoms with Crippen molar-refractivity contribution in [1.82, 2.24) is 10.2 Å². The molecule has 1 aromatic rings. The number of anilines is 1. The maximum atomic E-state index is 12.7. The summed E-state index contributed by atoms with van der Waals surface area (Å²) in [7, 11) is 1.27. The standard InChI is InChI=1S/C19H27N3O4S/c1-4-11-22(12-5-2)18(25)14-7-6-8-15(13-14)20-19(27)21-16(23)9-10-17(24)26-3/h6-8,13H,4-5,9-12H2,1-3H3,(H2,20,21,23,27). The van der Waals surface area contributed by atoms with Gasteiger partial charge in [-0.25, -0.2) is 0 Å². The highest BCUT2D eigenvalue weighted by atomic mass is 32.1. The molecule has 0 unspecified atom stereocenters. The van der Waals surface area contributed by atoms with Gasteiger partial charge in [0.15, 0.2) is 5.11 Å². The molecule has 0 atom stereocenters. The van der Waals surface area contributed by atoms with E-state index < -0.39 is 5.97 Å². The Morgan fingerprint density at radius 2 is 1.78 bits per heavy atom. The summed E-state index contributed by atoms with van der Waals surface area (Å²) in [5.41, 5.74) is 1.16. The predicted octanol–water partition coefficient (Wildman–Crippen LogP) is 2.72. The Morgan fingerprint density at radius 1 is 1.11 bits per heavy atom. The minimum atomic E-state index is -0.459. The molecule has 0 saturated carbocycles. The van der Waals surface area contributed by atoms with Crippen molar-refractivity contribution in [3.63, 3.8) is 0 Å². The number of thiocarbonyl (C=S) groups is 1.